The van der Waals surface area contributed by atoms with E-state index in [1.54, 1.807) is 6.92 Å². The van der Waals surface area contributed by atoms with Crippen molar-refractivity contribution < 1.29 is 24.2 Å². The van der Waals surface area contributed by atoms with Gasteiger partial charge in [-0.25, -0.2) is 4.79 Å². The predicted molar refractivity (Wildman–Crippen MR) is 58.2 cm³/mol. The van der Waals surface area contributed by atoms with E-state index in [4.69, 9.17) is 26.4 Å². The van der Waals surface area contributed by atoms with E-state index in [9.17, 15) is 4.79 Å². The van der Waals surface area contributed by atoms with Crippen LogP contribution in [-0.2, 0) is 4.74 Å². The molecule has 5 nitrogen and oxygen atoms in total. The third-order valence-corrected chi connectivity index (χ3v) is 1.90. The number of hydrogen-bond acceptors (Lipinski definition) is 5. The fourth-order valence-corrected chi connectivity index (χ4v) is 1.26. The zero-order chi connectivity index (χ0) is 12.1. The number of hydrogen-bond donors (Lipinski definition) is 2. The van der Waals surface area contributed by atoms with Crippen LogP contribution in [0.1, 0.15) is 17.3 Å². The van der Waals surface area contributed by atoms with Gasteiger partial charge < -0.3 is 19.4 Å². The van der Waals surface area contributed by atoms with Crippen molar-refractivity contribution in [1.29, 1.82) is 0 Å². The summed E-state index contributed by atoms with van der Waals surface area (Å²) in [7, 11) is -2.01. The molecule has 0 aliphatic rings. The Morgan fingerprint density at radius 1 is 1.50 bits per heavy atom. The average molecular weight is 244 g/mol. The Kier molecular flexibility index (Phi) is 4.60. The summed E-state index contributed by atoms with van der Waals surface area (Å²) in [5.74, 6) is -0.640. The summed E-state index contributed by atoms with van der Waals surface area (Å²) in [6.45, 7) is 1.86. The lowest BCUT2D eigenvalue weighted by Crippen LogP contribution is -2.22. The molecule has 0 unspecified atom stereocenters. The largest absolute Gasteiger partial charge is 0.707 e. The second-order valence-corrected chi connectivity index (χ2v) is 3.24. The molecule has 0 saturated heterocycles. The molecule has 0 radical (unpaired) electrons. The number of esters is 1. The molecule has 86 valence electrons. The van der Waals surface area contributed by atoms with E-state index in [0.717, 1.165) is 0 Å². The summed E-state index contributed by atoms with van der Waals surface area (Å²) in [6, 6.07) is 4.15. The van der Waals surface area contributed by atoms with Gasteiger partial charge in [-0.2, -0.15) is 0 Å². The minimum Gasteiger partial charge on any atom is -0.511 e. The van der Waals surface area contributed by atoms with Crippen molar-refractivity contribution in [3.63, 3.8) is 0 Å². The summed E-state index contributed by atoms with van der Waals surface area (Å²) in [4.78, 5) is 11.5. The fourth-order valence-electron chi connectivity index (χ4n) is 1.09. The Hall–Kier alpha value is -1.24. The van der Waals surface area contributed by atoms with Crippen LogP contribution in [0.4, 0.5) is 0 Å². The van der Waals surface area contributed by atoms with Crippen LogP contribution in [0.5, 0.6) is 5.75 Å². The number of halogens is 1. The molecule has 1 aromatic carbocycles. The van der Waals surface area contributed by atoms with Crippen LogP contribution < -0.4 is 4.65 Å². The lowest BCUT2D eigenvalue weighted by atomic mass is 10.1. The molecule has 0 aliphatic heterocycles. The summed E-state index contributed by atoms with van der Waals surface area (Å²) in [5.41, 5.74) is 0.0439. The van der Waals surface area contributed by atoms with Gasteiger partial charge in [-0.1, -0.05) is 11.6 Å². The van der Waals surface area contributed by atoms with Crippen LogP contribution in [0.15, 0.2) is 18.2 Å². The van der Waals surface area contributed by atoms with Crippen molar-refractivity contribution in [3.05, 3.63) is 28.8 Å². The maximum absolute atomic E-state index is 11.5. The van der Waals surface area contributed by atoms with Crippen LogP contribution in [0.25, 0.3) is 0 Å². The molecule has 0 fully saturated rings. The maximum atomic E-state index is 11.5. The molecule has 1 aromatic rings. The molecule has 2 N–H and O–H groups in total. The lowest BCUT2D eigenvalue weighted by molar-refractivity contribution is 0.0523. The molecule has 7 heteroatoms. The van der Waals surface area contributed by atoms with Crippen molar-refractivity contribution in [1.82, 2.24) is 0 Å². The van der Waals surface area contributed by atoms with Crippen LogP contribution in [0.2, 0.25) is 5.02 Å². The molecular formula is C9H10BClO5. The Morgan fingerprint density at radius 2 is 2.19 bits per heavy atom. The molecule has 1 rings (SSSR count). The van der Waals surface area contributed by atoms with E-state index in [0.29, 0.717) is 5.02 Å². The first kappa shape index (κ1) is 12.8. The summed E-state index contributed by atoms with van der Waals surface area (Å²) >= 11 is 5.71. The zero-order valence-electron chi connectivity index (χ0n) is 8.51. The van der Waals surface area contributed by atoms with Gasteiger partial charge in [0.05, 0.1) is 6.61 Å². The van der Waals surface area contributed by atoms with Gasteiger partial charge in [-0.05, 0) is 25.1 Å². The van der Waals surface area contributed by atoms with Gasteiger partial charge in [-0.3, -0.25) is 0 Å². The Morgan fingerprint density at radius 3 is 2.75 bits per heavy atom. The number of ether oxygens (including phenoxy) is 1. The highest BCUT2D eigenvalue weighted by molar-refractivity contribution is 6.34. The second kappa shape index (κ2) is 5.74. The molecule has 0 atom stereocenters. The van der Waals surface area contributed by atoms with Crippen LogP contribution in [-0.4, -0.2) is 29.9 Å². The van der Waals surface area contributed by atoms with Gasteiger partial charge in [-0.15, -0.1) is 0 Å². The minimum atomic E-state index is -2.01. The Bertz CT molecular complexity index is 382. The Balaban J connectivity index is 3.02. The summed E-state index contributed by atoms with van der Waals surface area (Å²) < 4.78 is 9.38. The first-order valence-corrected chi connectivity index (χ1v) is 4.92. The molecule has 0 saturated carbocycles. The fraction of sp³-hybridized carbons (Fsp3) is 0.222. The smallest absolute Gasteiger partial charge is 0.511 e. The molecule has 0 aliphatic carbocycles. The highest BCUT2D eigenvalue weighted by Crippen LogP contribution is 2.23. The molecule has 0 bridgehead atoms. The van der Waals surface area contributed by atoms with E-state index < -0.39 is 13.3 Å². The van der Waals surface area contributed by atoms with Crippen LogP contribution in [0.3, 0.4) is 0 Å². The number of benzene rings is 1. The first-order valence-electron chi connectivity index (χ1n) is 4.54. The normalized spacial score (nSPS) is 9.75. The first-order chi connectivity index (χ1) is 7.54. The second-order valence-electron chi connectivity index (χ2n) is 2.81. The number of carbonyl (C=O) groups excluding carboxylic acids is 1. The van der Waals surface area contributed by atoms with E-state index in [1.807, 2.05) is 0 Å². The highest BCUT2D eigenvalue weighted by Gasteiger charge is 2.19. The third kappa shape index (κ3) is 3.41. The standard InChI is InChI=1S/C9H10BClO5/c1-2-15-9(12)7-5-6(11)3-4-8(7)16-10(13)14/h3-5,13-14H,2H2,1H3. The average Bonchev–Trinajstić information content (AvgIpc) is 2.20. The summed E-state index contributed by atoms with van der Waals surface area (Å²) in [6.07, 6.45) is 0. The van der Waals surface area contributed by atoms with Crippen LogP contribution >= 0.6 is 11.6 Å². The van der Waals surface area contributed by atoms with Gasteiger partial charge in [0.25, 0.3) is 0 Å². The summed E-state index contributed by atoms with van der Waals surface area (Å²) in [5, 5.41) is 17.6. The minimum absolute atomic E-state index is 0.00199. The third-order valence-electron chi connectivity index (χ3n) is 1.67. The zero-order valence-corrected chi connectivity index (χ0v) is 9.27. The quantitative estimate of drug-likeness (QED) is 0.607. The van der Waals surface area contributed by atoms with E-state index in [2.05, 4.69) is 4.65 Å². The monoisotopic (exact) mass is 244 g/mol. The predicted octanol–water partition coefficient (Wildman–Crippen LogP) is 0.865. The van der Waals surface area contributed by atoms with Crippen molar-refractivity contribution >= 4 is 24.9 Å². The number of carbonyl (C=O) groups is 1. The van der Waals surface area contributed by atoms with E-state index >= 15 is 0 Å². The van der Waals surface area contributed by atoms with Crippen molar-refractivity contribution in [2.24, 2.45) is 0 Å². The molecule has 16 heavy (non-hydrogen) atoms. The molecule has 0 amide bonds. The van der Waals surface area contributed by atoms with Gasteiger partial charge in [0.2, 0.25) is 0 Å². The molecule has 0 spiro atoms. The van der Waals surface area contributed by atoms with Gasteiger partial charge >= 0.3 is 13.3 Å². The van der Waals surface area contributed by atoms with Crippen molar-refractivity contribution in [3.8, 4) is 5.75 Å². The van der Waals surface area contributed by atoms with Gasteiger partial charge in [0.1, 0.15) is 11.3 Å². The van der Waals surface area contributed by atoms with Crippen molar-refractivity contribution in [2.45, 2.75) is 6.92 Å². The number of rotatable bonds is 4. The van der Waals surface area contributed by atoms with Gasteiger partial charge in [0.15, 0.2) is 0 Å². The lowest BCUT2D eigenvalue weighted by Gasteiger charge is -2.10. The van der Waals surface area contributed by atoms with Crippen molar-refractivity contribution in [2.75, 3.05) is 6.61 Å². The van der Waals surface area contributed by atoms with Crippen LogP contribution in [0, 0.1) is 0 Å². The SMILES string of the molecule is CCOC(=O)c1cc(Cl)ccc1OB(O)O. The Labute approximate surface area is 97.7 Å². The van der Waals surface area contributed by atoms with E-state index in [-0.39, 0.29) is 17.9 Å². The molecular weight excluding hydrogens is 234 g/mol. The molecule has 0 aromatic heterocycles. The molecule has 0 heterocycles. The maximum Gasteiger partial charge on any atom is 0.707 e. The highest BCUT2D eigenvalue weighted by atomic mass is 35.5. The topological polar surface area (TPSA) is 76.0 Å². The van der Waals surface area contributed by atoms with E-state index in [1.165, 1.54) is 18.2 Å². The van der Waals surface area contributed by atoms with Gasteiger partial charge in [0, 0.05) is 5.02 Å².